The maximum atomic E-state index is 12.8. The zero-order valence-electron chi connectivity index (χ0n) is 47.1. The van der Waals surface area contributed by atoms with Crippen LogP contribution >= 0.6 is 0 Å². The molecule has 0 rings (SSSR count). The van der Waals surface area contributed by atoms with Crippen molar-refractivity contribution in [3.05, 3.63) is 134 Å². The highest BCUT2D eigenvalue weighted by molar-refractivity contribution is 5.71. The quantitative estimate of drug-likeness (QED) is 0.0261. The van der Waals surface area contributed by atoms with Crippen molar-refractivity contribution in [1.29, 1.82) is 0 Å². The molecule has 0 aromatic heterocycles. The summed E-state index contributed by atoms with van der Waals surface area (Å²) in [5.74, 6) is -0.942. The Hall–Kier alpha value is -4.45. The SMILES string of the molecule is CC/C=C\C/C=C\C/C=C\C/C=C\C/C=C\C/C=C\C/C=C\C/C=C\CCCCCCC(=O)OCC(COC(=O)CCCCCCCCCCCCC)OC(=O)CCCCCCC/C=C\C/C=C\C/C=C\CC. The predicted molar refractivity (Wildman–Crippen MR) is 316 cm³/mol. The summed E-state index contributed by atoms with van der Waals surface area (Å²) in [6.45, 7) is 6.36. The van der Waals surface area contributed by atoms with Crippen LogP contribution < -0.4 is 0 Å². The minimum Gasteiger partial charge on any atom is -0.462 e. The molecule has 0 N–H and O–H groups in total. The minimum atomic E-state index is -0.800. The largest absolute Gasteiger partial charge is 0.462 e. The number of unbranched alkanes of at least 4 members (excludes halogenated alkanes) is 19. The first-order valence-electron chi connectivity index (χ1n) is 29.7. The van der Waals surface area contributed by atoms with Crippen LogP contribution in [0.1, 0.15) is 252 Å². The Bertz CT molecular complexity index is 1580. The van der Waals surface area contributed by atoms with Crippen molar-refractivity contribution in [3.8, 4) is 0 Å². The Kier molecular flexibility index (Phi) is 56.4. The Morgan fingerprint density at radius 1 is 0.288 bits per heavy atom. The van der Waals surface area contributed by atoms with Gasteiger partial charge in [0.1, 0.15) is 13.2 Å². The molecule has 0 heterocycles. The molecule has 0 aromatic rings. The maximum absolute atomic E-state index is 12.8. The lowest BCUT2D eigenvalue weighted by atomic mass is 10.1. The van der Waals surface area contributed by atoms with E-state index in [2.05, 4.69) is 154 Å². The number of hydrogen-bond donors (Lipinski definition) is 0. The van der Waals surface area contributed by atoms with Crippen molar-refractivity contribution in [2.75, 3.05) is 13.2 Å². The van der Waals surface area contributed by atoms with E-state index in [4.69, 9.17) is 14.2 Å². The Balaban J connectivity index is 4.36. The topological polar surface area (TPSA) is 78.9 Å². The molecule has 6 heteroatoms. The summed E-state index contributed by atoms with van der Waals surface area (Å²) < 4.78 is 16.8. The smallest absolute Gasteiger partial charge is 0.306 e. The number of esters is 3. The van der Waals surface area contributed by atoms with Crippen molar-refractivity contribution in [2.45, 2.75) is 258 Å². The first kappa shape index (κ1) is 68.6. The zero-order valence-corrected chi connectivity index (χ0v) is 47.1. The molecule has 0 aliphatic heterocycles. The van der Waals surface area contributed by atoms with E-state index in [0.717, 1.165) is 161 Å². The molecule has 0 saturated heterocycles. The highest BCUT2D eigenvalue weighted by Crippen LogP contribution is 2.14. The summed E-state index contributed by atoms with van der Waals surface area (Å²) in [5, 5.41) is 0. The van der Waals surface area contributed by atoms with Crippen LogP contribution in [0.5, 0.6) is 0 Å². The average Bonchev–Trinajstić information content (AvgIpc) is 3.39. The van der Waals surface area contributed by atoms with E-state index < -0.39 is 6.10 Å². The monoisotopic (exact) mass is 1010 g/mol. The zero-order chi connectivity index (χ0) is 52.9. The van der Waals surface area contributed by atoms with Crippen molar-refractivity contribution in [3.63, 3.8) is 0 Å². The van der Waals surface area contributed by atoms with Crippen molar-refractivity contribution in [1.82, 2.24) is 0 Å². The number of allylic oxidation sites excluding steroid dienone is 22. The summed E-state index contributed by atoms with van der Waals surface area (Å²) in [5.41, 5.74) is 0. The lowest BCUT2D eigenvalue weighted by Gasteiger charge is -2.18. The third-order valence-electron chi connectivity index (χ3n) is 12.2. The standard InChI is InChI=1S/C67H108O6/c1-4-7-10-13-16-19-22-24-26-27-28-29-30-31-32-33-34-35-36-37-38-39-41-42-45-48-51-54-57-60-66(69)72-63-64(62-71-65(68)59-56-53-50-47-44-21-18-15-12-9-6-3)73-67(70)61-58-55-52-49-46-43-40-25-23-20-17-14-11-8-5-2/h7-8,10-11,16-17,19-20,24-26,28-29,31-32,34-35,37-38,40-42,64H,4-6,9,12-15,18,21-23,27,30,33,36,39,43-63H2,1-3H3/b10-7-,11-8-,19-16-,20-17-,26-24-,29-28-,32-31-,35-34-,38-37-,40-25-,42-41-. The normalized spacial score (nSPS) is 13.1. The van der Waals surface area contributed by atoms with E-state index >= 15 is 0 Å². The van der Waals surface area contributed by atoms with Crippen LogP contribution in [0.3, 0.4) is 0 Å². The Morgan fingerprint density at radius 3 is 0.836 bits per heavy atom. The molecule has 0 bridgehead atoms. The summed E-state index contributed by atoms with van der Waals surface area (Å²) in [7, 11) is 0. The van der Waals surface area contributed by atoms with Crippen LogP contribution in [0, 0.1) is 0 Å². The van der Waals surface area contributed by atoms with Gasteiger partial charge >= 0.3 is 17.9 Å². The van der Waals surface area contributed by atoms with E-state index in [1.807, 2.05) is 0 Å². The van der Waals surface area contributed by atoms with Gasteiger partial charge in [-0.2, -0.15) is 0 Å². The van der Waals surface area contributed by atoms with Gasteiger partial charge in [-0.25, -0.2) is 0 Å². The van der Waals surface area contributed by atoms with E-state index in [1.54, 1.807) is 0 Å². The number of rotatable bonds is 52. The van der Waals surface area contributed by atoms with E-state index in [9.17, 15) is 14.4 Å². The van der Waals surface area contributed by atoms with Crippen molar-refractivity contribution >= 4 is 17.9 Å². The summed E-state index contributed by atoms with van der Waals surface area (Å²) >= 11 is 0. The Morgan fingerprint density at radius 2 is 0.534 bits per heavy atom. The van der Waals surface area contributed by atoms with Gasteiger partial charge in [0.25, 0.3) is 0 Å². The van der Waals surface area contributed by atoms with Crippen LogP contribution in [0.2, 0.25) is 0 Å². The number of carbonyl (C=O) groups is 3. The molecule has 1 unspecified atom stereocenters. The summed E-state index contributed by atoms with van der Waals surface area (Å²) in [6.07, 6.45) is 84.5. The number of carbonyl (C=O) groups excluding carboxylic acids is 3. The molecule has 0 spiro atoms. The van der Waals surface area contributed by atoms with Crippen LogP contribution in [0.15, 0.2) is 134 Å². The van der Waals surface area contributed by atoms with Gasteiger partial charge in [0, 0.05) is 19.3 Å². The first-order chi connectivity index (χ1) is 36.0. The summed E-state index contributed by atoms with van der Waals surface area (Å²) in [6, 6.07) is 0. The molecule has 0 amide bonds. The highest BCUT2D eigenvalue weighted by Gasteiger charge is 2.19. The third kappa shape index (κ3) is 58.3. The Labute approximate surface area is 449 Å². The average molecular weight is 1010 g/mol. The predicted octanol–water partition coefficient (Wildman–Crippen LogP) is 20.2. The van der Waals surface area contributed by atoms with E-state index in [1.165, 1.54) is 51.4 Å². The minimum absolute atomic E-state index is 0.0954. The molecule has 0 aliphatic rings. The second-order valence-corrected chi connectivity index (χ2v) is 19.1. The molecule has 0 fully saturated rings. The van der Waals surface area contributed by atoms with Crippen molar-refractivity contribution in [2.24, 2.45) is 0 Å². The lowest BCUT2D eigenvalue weighted by molar-refractivity contribution is -0.167. The van der Waals surface area contributed by atoms with Gasteiger partial charge in [-0.3, -0.25) is 14.4 Å². The van der Waals surface area contributed by atoms with E-state index in [-0.39, 0.29) is 31.1 Å². The third-order valence-corrected chi connectivity index (χ3v) is 12.2. The molecule has 6 nitrogen and oxygen atoms in total. The fourth-order valence-corrected chi connectivity index (χ4v) is 7.77. The molecule has 0 aromatic carbocycles. The van der Waals surface area contributed by atoms with Crippen LogP contribution in [-0.4, -0.2) is 37.2 Å². The van der Waals surface area contributed by atoms with Gasteiger partial charge in [-0.1, -0.05) is 251 Å². The first-order valence-corrected chi connectivity index (χ1v) is 29.7. The van der Waals surface area contributed by atoms with Crippen LogP contribution in [0.25, 0.3) is 0 Å². The fraction of sp³-hybridized carbons (Fsp3) is 0.627. The van der Waals surface area contributed by atoms with Crippen LogP contribution in [0.4, 0.5) is 0 Å². The van der Waals surface area contributed by atoms with Gasteiger partial charge in [0.15, 0.2) is 6.10 Å². The van der Waals surface area contributed by atoms with Gasteiger partial charge in [0.05, 0.1) is 0 Å². The number of hydrogen-bond acceptors (Lipinski definition) is 6. The second-order valence-electron chi connectivity index (χ2n) is 19.1. The molecular weight excluding hydrogens is 901 g/mol. The maximum Gasteiger partial charge on any atom is 0.306 e. The molecule has 0 radical (unpaired) electrons. The molecule has 412 valence electrons. The van der Waals surface area contributed by atoms with Gasteiger partial charge in [-0.05, 0) is 116 Å². The molecule has 0 aliphatic carbocycles. The fourth-order valence-electron chi connectivity index (χ4n) is 7.77. The van der Waals surface area contributed by atoms with Crippen LogP contribution in [-0.2, 0) is 28.6 Å². The summed E-state index contributed by atoms with van der Waals surface area (Å²) in [4.78, 5) is 38.1. The molecule has 73 heavy (non-hydrogen) atoms. The highest BCUT2D eigenvalue weighted by atomic mass is 16.6. The second kappa shape index (κ2) is 60.1. The molecule has 1 atom stereocenters. The lowest BCUT2D eigenvalue weighted by Crippen LogP contribution is -2.30. The van der Waals surface area contributed by atoms with Crippen molar-refractivity contribution < 1.29 is 28.6 Å². The van der Waals surface area contributed by atoms with E-state index in [0.29, 0.717) is 19.3 Å². The van der Waals surface area contributed by atoms with Gasteiger partial charge in [0.2, 0.25) is 0 Å². The van der Waals surface area contributed by atoms with Gasteiger partial charge < -0.3 is 14.2 Å². The molecule has 0 saturated carbocycles. The number of ether oxygens (including phenoxy) is 3. The molecular formula is C67H108O6. The van der Waals surface area contributed by atoms with Gasteiger partial charge in [-0.15, -0.1) is 0 Å².